The molecule has 34 heavy (non-hydrogen) atoms. The normalized spacial score (nSPS) is 16.7. The van der Waals surface area contributed by atoms with Gasteiger partial charge >= 0.3 is 5.97 Å². The van der Waals surface area contributed by atoms with Gasteiger partial charge in [-0.3, -0.25) is 4.79 Å². The van der Waals surface area contributed by atoms with Gasteiger partial charge in [-0.1, -0.05) is 55.0 Å². The molecule has 9 heteroatoms. The number of hydrogen-bond acceptors (Lipinski definition) is 6. The fraction of sp³-hybridized carbons (Fsp3) is 0.280. The van der Waals surface area contributed by atoms with Crippen molar-refractivity contribution in [3.8, 4) is 11.1 Å². The number of anilines is 1. The van der Waals surface area contributed by atoms with E-state index in [4.69, 9.17) is 4.74 Å². The Labute approximate surface area is 203 Å². The standard InChI is InChI=1S/C25H26N2O5S2/c1-2-32-25(29)22-20(18-11-5-3-6-12-18)17-33-24(22)26-23(28)21-15-9-10-16-27(21)34(30,31)19-13-7-4-8-14-19/h3-8,11-14,17,21H,2,9-10,15-16H2,1H3,(H,26,28)/t21-/m0/s1. The molecule has 0 bridgehead atoms. The first-order valence-electron chi connectivity index (χ1n) is 11.1. The Balaban J connectivity index is 1.65. The lowest BCUT2D eigenvalue weighted by molar-refractivity contribution is -0.120. The number of thiophene rings is 1. The van der Waals surface area contributed by atoms with Crippen LogP contribution in [-0.4, -0.2) is 43.8 Å². The smallest absolute Gasteiger partial charge is 0.341 e. The minimum Gasteiger partial charge on any atom is -0.462 e. The van der Waals surface area contributed by atoms with E-state index in [0.29, 0.717) is 23.4 Å². The van der Waals surface area contributed by atoms with E-state index in [0.717, 1.165) is 12.0 Å². The van der Waals surface area contributed by atoms with E-state index in [2.05, 4.69) is 5.32 Å². The molecule has 1 fully saturated rings. The topological polar surface area (TPSA) is 92.8 Å². The van der Waals surface area contributed by atoms with Crippen molar-refractivity contribution in [1.29, 1.82) is 0 Å². The molecule has 1 aliphatic rings. The summed E-state index contributed by atoms with van der Waals surface area (Å²) in [5, 5.41) is 4.99. The lowest BCUT2D eigenvalue weighted by Gasteiger charge is -2.33. The van der Waals surface area contributed by atoms with Crippen molar-refractivity contribution in [3.05, 3.63) is 71.6 Å². The third-order valence-corrected chi connectivity index (χ3v) is 8.52. The fourth-order valence-corrected chi connectivity index (χ4v) is 6.70. The Morgan fingerprint density at radius 3 is 2.41 bits per heavy atom. The average Bonchev–Trinajstić information content (AvgIpc) is 3.29. The summed E-state index contributed by atoms with van der Waals surface area (Å²) in [6, 6.07) is 16.6. The van der Waals surface area contributed by atoms with Gasteiger partial charge in [-0.15, -0.1) is 11.3 Å². The monoisotopic (exact) mass is 498 g/mol. The van der Waals surface area contributed by atoms with Crippen LogP contribution in [0, 0.1) is 0 Å². The molecule has 1 aliphatic heterocycles. The number of piperidine rings is 1. The first kappa shape index (κ1) is 24.1. The number of amides is 1. The SMILES string of the molecule is CCOC(=O)c1c(-c2ccccc2)csc1NC(=O)[C@@H]1CCCCN1S(=O)(=O)c1ccccc1. The molecule has 0 saturated carbocycles. The molecule has 2 aromatic carbocycles. The molecule has 0 unspecified atom stereocenters. The molecular formula is C25H26N2O5S2. The Morgan fingerprint density at radius 1 is 1.06 bits per heavy atom. The third kappa shape index (κ3) is 4.91. The highest BCUT2D eigenvalue weighted by Gasteiger charge is 2.38. The van der Waals surface area contributed by atoms with Crippen molar-refractivity contribution in [2.75, 3.05) is 18.5 Å². The van der Waals surface area contributed by atoms with Crippen LogP contribution in [-0.2, 0) is 19.6 Å². The van der Waals surface area contributed by atoms with E-state index in [9.17, 15) is 18.0 Å². The summed E-state index contributed by atoms with van der Waals surface area (Å²) in [5.41, 5.74) is 1.77. The molecular weight excluding hydrogens is 472 g/mol. The van der Waals surface area contributed by atoms with Crippen LogP contribution in [0.3, 0.4) is 0 Å². The second-order valence-corrected chi connectivity index (χ2v) is 10.6. The number of hydrogen-bond donors (Lipinski definition) is 1. The lowest BCUT2D eigenvalue weighted by Crippen LogP contribution is -2.49. The van der Waals surface area contributed by atoms with Gasteiger partial charge in [0.15, 0.2) is 0 Å². The molecule has 4 rings (SSSR count). The molecule has 1 saturated heterocycles. The van der Waals surface area contributed by atoms with Gasteiger partial charge in [0.1, 0.15) is 16.6 Å². The minimum atomic E-state index is -3.84. The molecule has 178 valence electrons. The Bertz CT molecular complexity index is 1260. The van der Waals surface area contributed by atoms with Crippen molar-refractivity contribution in [3.63, 3.8) is 0 Å². The number of carbonyl (C=O) groups is 2. The van der Waals surface area contributed by atoms with E-state index in [-0.39, 0.29) is 23.6 Å². The van der Waals surface area contributed by atoms with E-state index >= 15 is 0 Å². The van der Waals surface area contributed by atoms with Crippen molar-refractivity contribution >= 4 is 38.2 Å². The van der Waals surface area contributed by atoms with Crippen molar-refractivity contribution in [2.45, 2.75) is 37.1 Å². The molecule has 3 aromatic rings. The number of nitrogens with zero attached hydrogens (tertiary/aromatic N) is 1. The number of sulfonamides is 1. The highest BCUT2D eigenvalue weighted by Crippen LogP contribution is 2.37. The van der Waals surface area contributed by atoms with Crippen molar-refractivity contribution in [1.82, 2.24) is 4.31 Å². The molecule has 1 N–H and O–H groups in total. The van der Waals surface area contributed by atoms with Gasteiger partial charge in [0.05, 0.1) is 11.5 Å². The molecule has 1 amide bonds. The zero-order valence-corrected chi connectivity index (χ0v) is 20.4. The predicted molar refractivity (Wildman–Crippen MR) is 132 cm³/mol. The van der Waals surface area contributed by atoms with Gasteiger partial charge in [0, 0.05) is 17.5 Å². The fourth-order valence-electron chi connectivity index (χ4n) is 4.06. The van der Waals surface area contributed by atoms with Crippen LogP contribution < -0.4 is 5.32 Å². The molecule has 7 nitrogen and oxygen atoms in total. The maximum Gasteiger partial charge on any atom is 0.341 e. The van der Waals surface area contributed by atoms with Gasteiger partial charge in [-0.2, -0.15) is 4.31 Å². The van der Waals surface area contributed by atoms with E-state index in [1.807, 2.05) is 30.3 Å². The number of esters is 1. The minimum absolute atomic E-state index is 0.157. The zero-order chi connectivity index (χ0) is 24.1. The summed E-state index contributed by atoms with van der Waals surface area (Å²) in [4.78, 5) is 26.3. The molecule has 0 radical (unpaired) electrons. The van der Waals surface area contributed by atoms with Crippen LogP contribution >= 0.6 is 11.3 Å². The van der Waals surface area contributed by atoms with Crippen LogP contribution in [0.2, 0.25) is 0 Å². The van der Waals surface area contributed by atoms with Gasteiger partial charge in [0.2, 0.25) is 15.9 Å². The highest BCUT2D eigenvalue weighted by molar-refractivity contribution is 7.89. The van der Waals surface area contributed by atoms with Crippen LogP contribution in [0.5, 0.6) is 0 Å². The lowest BCUT2D eigenvalue weighted by atomic mass is 10.0. The third-order valence-electron chi connectivity index (χ3n) is 5.70. The van der Waals surface area contributed by atoms with E-state index in [1.54, 1.807) is 30.5 Å². The number of benzene rings is 2. The summed E-state index contributed by atoms with van der Waals surface area (Å²) in [6.07, 6.45) is 1.83. The van der Waals surface area contributed by atoms with Crippen molar-refractivity contribution in [2.24, 2.45) is 0 Å². The molecule has 1 atom stereocenters. The van der Waals surface area contributed by atoms with Gasteiger partial charge in [0.25, 0.3) is 0 Å². The predicted octanol–water partition coefficient (Wildman–Crippen LogP) is 4.77. The Hall–Kier alpha value is -3.01. The number of ether oxygens (including phenoxy) is 1. The summed E-state index contributed by atoms with van der Waals surface area (Å²) < 4.78 is 33.1. The second kappa shape index (κ2) is 10.5. The Morgan fingerprint density at radius 2 is 1.74 bits per heavy atom. The Kier molecular flexibility index (Phi) is 7.45. The molecule has 1 aromatic heterocycles. The average molecular weight is 499 g/mol. The number of carbonyl (C=O) groups excluding carboxylic acids is 2. The van der Waals surface area contributed by atoms with Crippen LogP contribution in [0.4, 0.5) is 5.00 Å². The van der Waals surface area contributed by atoms with Crippen molar-refractivity contribution < 1.29 is 22.7 Å². The maximum absolute atomic E-state index is 13.4. The molecule has 0 spiro atoms. The van der Waals surface area contributed by atoms with Crippen LogP contribution in [0.1, 0.15) is 36.5 Å². The van der Waals surface area contributed by atoms with Gasteiger partial charge < -0.3 is 10.1 Å². The quantitative estimate of drug-likeness (QED) is 0.474. The van der Waals surface area contributed by atoms with E-state index in [1.165, 1.54) is 27.8 Å². The van der Waals surface area contributed by atoms with Crippen LogP contribution in [0.15, 0.2) is 70.9 Å². The summed E-state index contributed by atoms with van der Waals surface area (Å²) in [5.74, 6) is -0.985. The molecule has 2 heterocycles. The molecule has 0 aliphatic carbocycles. The first-order chi connectivity index (χ1) is 16.4. The number of nitrogens with one attached hydrogen (secondary N) is 1. The highest BCUT2D eigenvalue weighted by atomic mass is 32.2. The maximum atomic E-state index is 13.4. The summed E-state index contributed by atoms with van der Waals surface area (Å²) >= 11 is 1.22. The number of rotatable bonds is 7. The van der Waals surface area contributed by atoms with Crippen LogP contribution in [0.25, 0.3) is 11.1 Å². The summed E-state index contributed by atoms with van der Waals surface area (Å²) in [6.45, 7) is 2.18. The largest absolute Gasteiger partial charge is 0.462 e. The first-order valence-corrected chi connectivity index (χ1v) is 13.5. The van der Waals surface area contributed by atoms with E-state index < -0.39 is 27.9 Å². The zero-order valence-electron chi connectivity index (χ0n) is 18.8. The van der Waals surface area contributed by atoms with Gasteiger partial charge in [-0.05, 0) is 37.5 Å². The van der Waals surface area contributed by atoms with Gasteiger partial charge in [-0.25, -0.2) is 13.2 Å². The second-order valence-electron chi connectivity index (χ2n) is 7.87. The summed E-state index contributed by atoms with van der Waals surface area (Å²) in [7, 11) is -3.84.